The quantitative estimate of drug-likeness (QED) is 0.443. The number of rotatable bonds is 0. The first-order valence-corrected chi connectivity index (χ1v) is 4.65. The molecule has 0 unspecified atom stereocenters. The lowest BCUT2D eigenvalue weighted by Crippen LogP contribution is -2.38. The molecule has 1 aliphatic rings. The Kier molecular flexibility index (Phi) is 1.51. The normalized spacial score (nSPS) is 28.1. The van der Waals surface area contributed by atoms with E-state index in [9.17, 15) is 15.0 Å². The predicted molar refractivity (Wildman–Crippen MR) is 53.7 cm³/mol. The fourth-order valence-corrected chi connectivity index (χ4v) is 1.76. The average Bonchev–Trinajstić information content (AvgIpc) is 2.72. The SMILES string of the molecule is C[C@]1(O)Nc2nc3nc[nH]c3c(=O)n2[C@H]1O. The highest BCUT2D eigenvalue weighted by atomic mass is 16.4. The zero-order chi connectivity index (χ0) is 11.5. The molecule has 0 radical (unpaired) electrons. The summed E-state index contributed by atoms with van der Waals surface area (Å²) in [6.45, 7) is 1.35. The van der Waals surface area contributed by atoms with E-state index < -0.39 is 17.5 Å². The molecule has 2 atom stereocenters. The van der Waals surface area contributed by atoms with Crippen molar-refractivity contribution in [1.29, 1.82) is 0 Å². The molecule has 1 aliphatic heterocycles. The molecule has 8 nitrogen and oxygen atoms in total. The van der Waals surface area contributed by atoms with Gasteiger partial charge in [-0.15, -0.1) is 0 Å². The van der Waals surface area contributed by atoms with Crippen molar-refractivity contribution in [3.05, 3.63) is 16.7 Å². The third-order valence-electron chi connectivity index (χ3n) is 2.60. The van der Waals surface area contributed by atoms with E-state index in [-0.39, 0.29) is 17.1 Å². The van der Waals surface area contributed by atoms with Gasteiger partial charge in [-0.1, -0.05) is 0 Å². The summed E-state index contributed by atoms with van der Waals surface area (Å²) in [4.78, 5) is 22.4. The van der Waals surface area contributed by atoms with Crippen molar-refractivity contribution in [3.8, 4) is 0 Å². The minimum absolute atomic E-state index is 0.0992. The maximum Gasteiger partial charge on any atom is 0.283 e. The van der Waals surface area contributed by atoms with Gasteiger partial charge < -0.3 is 20.5 Å². The maximum atomic E-state index is 11.9. The number of hydrogen-bond acceptors (Lipinski definition) is 6. The molecule has 84 valence electrons. The first-order chi connectivity index (χ1) is 7.50. The highest BCUT2D eigenvalue weighted by molar-refractivity contribution is 5.70. The van der Waals surface area contributed by atoms with Crippen LogP contribution in [0.5, 0.6) is 0 Å². The van der Waals surface area contributed by atoms with Gasteiger partial charge in [-0.25, -0.2) is 9.55 Å². The molecule has 0 bridgehead atoms. The first-order valence-electron chi connectivity index (χ1n) is 4.65. The smallest absolute Gasteiger partial charge is 0.283 e. The van der Waals surface area contributed by atoms with Crippen LogP contribution < -0.4 is 10.9 Å². The summed E-state index contributed by atoms with van der Waals surface area (Å²) >= 11 is 0. The summed E-state index contributed by atoms with van der Waals surface area (Å²) in [6.07, 6.45) is -0.0329. The van der Waals surface area contributed by atoms with Crippen molar-refractivity contribution in [1.82, 2.24) is 19.5 Å². The van der Waals surface area contributed by atoms with Gasteiger partial charge in [0.15, 0.2) is 23.1 Å². The lowest BCUT2D eigenvalue weighted by Gasteiger charge is -2.20. The van der Waals surface area contributed by atoms with Crippen LogP contribution in [0.1, 0.15) is 13.2 Å². The van der Waals surface area contributed by atoms with E-state index in [2.05, 4.69) is 20.3 Å². The zero-order valence-corrected chi connectivity index (χ0v) is 8.30. The molecule has 0 aromatic carbocycles. The molecule has 3 rings (SSSR count). The minimum atomic E-state index is -1.61. The molecule has 2 aromatic heterocycles. The van der Waals surface area contributed by atoms with E-state index in [1.807, 2.05) is 0 Å². The second-order valence-electron chi connectivity index (χ2n) is 3.86. The van der Waals surface area contributed by atoms with Gasteiger partial charge in [0.05, 0.1) is 6.33 Å². The largest absolute Gasteiger partial charge is 0.369 e. The highest BCUT2D eigenvalue weighted by Crippen LogP contribution is 2.30. The Hall–Kier alpha value is -1.93. The number of imidazole rings is 1. The highest BCUT2D eigenvalue weighted by Gasteiger charge is 2.41. The first kappa shape index (κ1) is 9.31. The average molecular weight is 223 g/mol. The Balaban J connectivity index is 2.39. The molecule has 0 aliphatic carbocycles. The van der Waals surface area contributed by atoms with Crippen LogP contribution in [0.2, 0.25) is 0 Å². The standard InChI is InChI=1S/C8H9N5O3/c1-8(16)6(15)13-5(14)3-4(10-2-9-3)11-7(13)12-8/h2,6,15-16H,1H3,(H,9,10)(H,11,12)/t6-,8+/m0/s1. The van der Waals surface area contributed by atoms with Crippen LogP contribution in [0.15, 0.2) is 11.1 Å². The molecule has 0 fully saturated rings. The third-order valence-corrected chi connectivity index (χ3v) is 2.60. The predicted octanol–water partition coefficient (Wildman–Crippen LogP) is -1.26. The fraction of sp³-hybridized carbons (Fsp3) is 0.375. The van der Waals surface area contributed by atoms with E-state index in [0.717, 1.165) is 4.57 Å². The summed E-state index contributed by atoms with van der Waals surface area (Å²) in [5.74, 6) is 0.0992. The van der Waals surface area contributed by atoms with E-state index >= 15 is 0 Å². The van der Waals surface area contributed by atoms with Crippen molar-refractivity contribution in [2.75, 3.05) is 5.32 Å². The minimum Gasteiger partial charge on any atom is -0.369 e. The molecule has 4 N–H and O–H groups in total. The van der Waals surface area contributed by atoms with Crippen LogP contribution in [-0.2, 0) is 0 Å². The maximum absolute atomic E-state index is 11.9. The number of aromatic amines is 1. The van der Waals surface area contributed by atoms with Crippen molar-refractivity contribution < 1.29 is 10.2 Å². The van der Waals surface area contributed by atoms with Crippen molar-refractivity contribution in [3.63, 3.8) is 0 Å². The number of fused-ring (bicyclic) bond motifs is 2. The number of hydrogen-bond donors (Lipinski definition) is 4. The Morgan fingerprint density at radius 1 is 1.62 bits per heavy atom. The Bertz CT molecular complexity index is 628. The third kappa shape index (κ3) is 0.969. The van der Waals surface area contributed by atoms with Crippen LogP contribution in [0.25, 0.3) is 11.2 Å². The van der Waals surface area contributed by atoms with E-state index in [1.54, 1.807) is 0 Å². The van der Waals surface area contributed by atoms with Gasteiger partial charge in [0.1, 0.15) is 0 Å². The lowest BCUT2D eigenvalue weighted by molar-refractivity contribution is -0.0675. The second kappa shape index (κ2) is 2.60. The van der Waals surface area contributed by atoms with Gasteiger partial charge in [-0.05, 0) is 6.92 Å². The molecule has 0 saturated carbocycles. The summed E-state index contributed by atoms with van der Waals surface area (Å²) in [5.41, 5.74) is -1.65. The van der Waals surface area contributed by atoms with Crippen LogP contribution in [0, 0.1) is 0 Å². The molecule has 0 spiro atoms. The summed E-state index contributed by atoms with van der Waals surface area (Å²) in [6, 6.07) is 0. The Morgan fingerprint density at radius 2 is 2.38 bits per heavy atom. The summed E-state index contributed by atoms with van der Waals surface area (Å²) in [7, 11) is 0. The zero-order valence-electron chi connectivity index (χ0n) is 8.30. The number of aliphatic hydroxyl groups is 2. The number of aliphatic hydroxyl groups excluding tert-OH is 1. The van der Waals surface area contributed by atoms with Crippen LogP contribution >= 0.6 is 0 Å². The van der Waals surface area contributed by atoms with E-state index in [4.69, 9.17) is 0 Å². The lowest BCUT2D eigenvalue weighted by atomic mass is 10.2. The molecule has 8 heteroatoms. The Morgan fingerprint density at radius 3 is 3.12 bits per heavy atom. The number of H-pyrrole nitrogens is 1. The molecule has 0 amide bonds. The number of aromatic nitrogens is 4. The molecule has 2 aromatic rings. The molecule has 16 heavy (non-hydrogen) atoms. The topological polar surface area (TPSA) is 116 Å². The van der Waals surface area contributed by atoms with Gasteiger partial charge in [0, 0.05) is 0 Å². The molecular formula is C8H9N5O3. The number of anilines is 1. The Labute approximate surface area is 88.6 Å². The van der Waals surface area contributed by atoms with Gasteiger partial charge >= 0.3 is 0 Å². The second-order valence-corrected chi connectivity index (χ2v) is 3.86. The van der Waals surface area contributed by atoms with Gasteiger partial charge in [-0.2, -0.15) is 4.98 Å². The van der Waals surface area contributed by atoms with Crippen LogP contribution in [0.4, 0.5) is 5.95 Å². The molecule has 0 saturated heterocycles. The fourth-order valence-electron chi connectivity index (χ4n) is 1.76. The molecule has 3 heterocycles. The van der Waals surface area contributed by atoms with Crippen LogP contribution in [0.3, 0.4) is 0 Å². The molecular weight excluding hydrogens is 214 g/mol. The van der Waals surface area contributed by atoms with E-state index in [1.165, 1.54) is 13.3 Å². The number of nitrogens with zero attached hydrogens (tertiary/aromatic N) is 3. The van der Waals surface area contributed by atoms with Gasteiger partial charge in [0.25, 0.3) is 5.56 Å². The van der Waals surface area contributed by atoms with Gasteiger partial charge in [-0.3, -0.25) is 4.79 Å². The summed E-state index contributed by atoms with van der Waals surface area (Å²) in [5, 5.41) is 22.1. The van der Waals surface area contributed by atoms with Crippen molar-refractivity contribution in [2.24, 2.45) is 0 Å². The van der Waals surface area contributed by atoms with Crippen LogP contribution in [-0.4, -0.2) is 35.5 Å². The van der Waals surface area contributed by atoms with Crippen molar-refractivity contribution >= 4 is 17.1 Å². The number of nitrogens with one attached hydrogen (secondary N) is 2. The van der Waals surface area contributed by atoms with E-state index in [0.29, 0.717) is 0 Å². The monoisotopic (exact) mass is 223 g/mol. The van der Waals surface area contributed by atoms with Crippen molar-refractivity contribution in [2.45, 2.75) is 18.9 Å². The summed E-state index contributed by atoms with van der Waals surface area (Å²) < 4.78 is 0.987. The van der Waals surface area contributed by atoms with Gasteiger partial charge in [0.2, 0.25) is 5.95 Å².